The second-order valence-electron chi connectivity index (χ2n) is 3.50. The van der Waals surface area contributed by atoms with Crippen LogP contribution >= 0.6 is 11.8 Å². The highest BCUT2D eigenvalue weighted by Gasteiger charge is 2.13. The molecule has 0 bridgehead atoms. The molecule has 4 nitrogen and oxygen atoms in total. The average Bonchev–Trinajstić information content (AvgIpc) is 2.33. The molecule has 6 heteroatoms. The standard InChI is InChI=1S/C12H10FN3OS/c13-8-6-9(14)7(12(15)17)5-10(8)18-11-3-1-2-4-16-11/h1-6H,14H2,(H2,15,17). The first-order valence-electron chi connectivity index (χ1n) is 5.05. The first-order chi connectivity index (χ1) is 8.58. The highest BCUT2D eigenvalue weighted by molar-refractivity contribution is 7.99. The maximum Gasteiger partial charge on any atom is 0.250 e. The molecular weight excluding hydrogens is 253 g/mol. The van der Waals surface area contributed by atoms with Gasteiger partial charge in [0.1, 0.15) is 10.8 Å². The van der Waals surface area contributed by atoms with E-state index in [0.717, 1.165) is 17.8 Å². The van der Waals surface area contributed by atoms with Gasteiger partial charge in [0.2, 0.25) is 0 Å². The van der Waals surface area contributed by atoms with Crippen LogP contribution in [0.2, 0.25) is 0 Å². The fourth-order valence-electron chi connectivity index (χ4n) is 1.38. The number of nitrogens with two attached hydrogens (primary N) is 2. The van der Waals surface area contributed by atoms with E-state index in [2.05, 4.69) is 4.98 Å². The van der Waals surface area contributed by atoms with Gasteiger partial charge in [-0.1, -0.05) is 17.8 Å². The number of nitrogen functional groups attached to an aromatic ring is 1. The number of hydrogen-bond acceptors (Lipinski definition) is 4. The summed E-state index contributed by atoms with van der Waals surface area (Å²) in [5.41, 5.74) is 10.8. The lowest BCUT2D eigenvalue weighted by Gasteiger charge is -2.07. The number of carbonyl (C=O) groups excluding carboxylic acids is 1. The Labute approximate surface area is 107 Å². The van der Waals surface area contributed by atoms with Crippen molar-refractivity contribution < 1.29 is 9.18 Å². The highest BCUT2D eigenvalue weighted by atomic mass is 32.2. The molecule has 18 heavy (non-hydrogen) atoms. The Morgan fingerprint density at radius 3 is 2.72 bits per heavy atom. The molecule has 0 atom stereocenters. The van der Waals surface area contributed by atoms with E-state index >= 15 is 0 Å². The van der Waals surface area contributed by atoms with Crippen molar-refractivity contribution in [3.05, 3.63) is 47.9 Å². The molecular formula is C12H10FN3OS. The normalized spacial score (nSPS) is 10.3. The van der Waals surface area contributed by atoms with Gasteiger partial charge >= 0.3 is 0 Å². The van der Waals surface area contributed by atoms with E-state index in [1.165, 1.54) is 6.07 Å². The van der Waals surface area contributed by atoms with E-state index in [0.29, 0.717) is 5.03 Å². The van der Waals surface area contributed by atoms with E-state index in [1.54, 1.807) is 24.4 Å². The molecule has 0 aliphatic heterocycles. The van der Waals surface area contributed by atoms with Gasteiger partial charge in [0.15, 0.2) is 0 Å². The van der Waals surface area contributed by atoms with Crippen molar-refractivity contribution in [3.8, 4) is 0 Å². The zero-order valence-electron chi connectivity index (χ0n) is 9.26. The molecule has 1 aromatic carbocycles. The molecule has 0 spiro atoms. The molecule has 0 saturated heterocycles. The SMILES string of the molecule is NC(=O)c1cc(Sc2ccccn2)c(F)cc1N. The Kier molecular flexibility index (Phi) is 3.47. The van der Waals surface area contributed by atoms with Gasteiger partial charge in [0.25, 0.3) is 5.91 Å². The van der Waals surface area contributed by atoms with Crippen molar-refractivity contribution in [2.75, 3.05) is 5.73 Å². The maximum absolute atomic E-state index is 13.7. The zero-order chi connectivity index (χ0) is 13.1. The smallest absolute Gasteiger partial charge is 0.250 e. The molecule has 0 aliphatic carbocycles. The molecule has 1 heterocycles. The Hall–Kier alpha value is -2.08. The minimum atomic E-state index is -0.685. The van der Waals surface area contributed by atoms with Crippen LogP contribution in [0.3, 0.4) is 0 Å². The van der Waals surface area contributed by atoms with Crippen LogP contribution in [0.25, 0.3) is 0 Å². The van der Waals surface area contributed by atoms with Crippen molar-refractivity contribution >= 4 is 23.4 Å². The van der Waals surface area contributed by atoms with E-state index in [1.807, 2.05) is 0 Å². The molecule has 0 fully saturated rings. The third kappa shape index (κ3) is 2.60. The molecule has 92 valence electrons. The number of halogens is 1. The number of rotatable bonds is 3. The molecule has 1 amide bonds. The zero-order valence-corrected chi connectivity index (χ0v) is 10.1. The topological polar surface area (TPSA) is 82.0 Å². The molecule has 0 unspecified atom stereocenters. The second kappa shape index (κ2) is 5.05. The highest BCUT2D eigenvalue weighted by Crippen LogP contribution is 2.31. The van der Waals surface area contributed by atoms with Gasteiger partial charge in [0, 0.05) is 11.9 Å². The van der Waals surface area contributed by atoms with Crippen LogP contribution in [0.5, 0.6) is 0 Å². The predicted molar refractivity (Wildman–Crippen MR) is 67.7 cm³/mol. The van der Waals surface area contributed by atoms with Crippen LogP contribution in [0.15, 0.2) is 46.5 Å². The van der Waals surface area contributed by atoms with Gasteiger partial charge in [-0.3, -0.25) is 4.79 Å². The van der Waals surface area contributed by atoms with E-state index in [9.17, 15) is 9.18 Å². The lowest BCUT2D eigenvalue weighted by atomic mass is 10.1. The summed E-state index contributed by atoms with van der Waals surface area (Å²) in [6.07, 6.45) is 1.60. The molecule has 4 N–H and O–H groups in total. The van der Waals surface area contributed by atoms with Crippen molar-refractivity contribution in [2.24, 2.45) is 5.73 Å². The Morgan fingerprint density at radius 1 is 1.33 bits per heavy atom. The van der Waals surface area contributed by atoms with Gasteiger partial charge in [-0.15, -0.1) is 0 Å². The summed E-state index contributed by atoms with van der Waals surface area (Å²) in [5.74, 6) is -1.19. The van der Waals surface area contributed by atoms with E-state index in [-0.39, 0.29) is 16.1 Å². The lowest BCUT2D eigenvalue weighted by molar-refractivity contribution is 0.100. The fourth-order valence-corrected chi connectivity index (χ4v) is 2.20. The van der Waals surface area contributed by atoms with Crippen molar-refractivity contribution in [1.82, 2.24) is 4.98 Å². The first-order valence-corrected chi connectivity index (χ1v) is 5.87. The minimum absolute atomic E-state index is 0.0328. The summed E-state index contributed by atoms with van der Waals surface area (Å²) in [6, 6.07) is 7.72. The second-order valence-corrected chi connectivity index (χ2v) is 4.57. The van der Waals surface area contributed by atoms with Crippen LogP contribution in [0.1, 0.15) is 10.4 Å². The number of benzene rings is 1. The van der Waals surface area contributed by atoms with Gasteiger partial charge < -0.3 is 11.5 Å². The monoisotopic (exact) mass is 263 g/mol. The average molecular weight is 263 g/mol. The molecule has 2 aromatic rings. The number of carbonyl (C=O) groups is 1. The van der Waals surface area contributed by atoms with Crippen LogP contribution < -0.4 is 11.5 Å². The molecule has 0 aliphatic rings. The summed E-state index contributed by atoms with van der Waals surface area (Å²) >= 11 is 1.11. The Balaban J connectivity index is 2.39. The van der Waals surface area contributed by atoms with Gasteiger partial charge in [-0.25, -0.2) is 9.37 Å². The maximum atomic E-state index is 13.7. The number of nitrogens with zero attached hydrogens (tertiary/aromatic N) is 1. The van der Waals surface area contributed by atoms with Gasteiger partial charge in [-0.2, -0.15) is 0 Å². The van der Waals surface area contributed by atoms with Crippen LogP contribution in [-0.2, 0) is 0 Å². The van der Waals surface area contributed by atoms with E-state index < -0.39 is 11.7 Å². The molecule has 2 rings (SSSR count). The number of primary amides is 1. The number of anilines is 1. The number of hydrogen-bond donors (Lipinski definition) is 2. The predicted octanol–water partition coefficient (Wildman–Crippen LogP) is 2.05. The van der Waals surface area contributed by atoms with Gasteiger partial charge in [0.05, 0.1) is 10.5 Å². The van der Waals surface area contributed by atoms with E-state index in [4.69, 9.17) is 11.5 Å². The molecule has 0 radical (unpaired) electrons. The quantitative estimate of drug-likeness (QED) is 0.830. The number of amides is 1. The minimum Gasteiger partial charge on any atom is -0.398 e. The number of aromatic nitrogens is 1. The Bertz CT molecular complexity index is 589. The van der Waals surface area contributed by atoms with Crippen LogP contribution in [0, 0.1) is 5.82 Å². The van der Waals surface area contributed by atoms with Crippen molar-refractivity contribution in [1.29, 1.82) is 0 Å². The van der Waals surface area contributed by atoms with Crippen molar-refractivity contribution in [3.63, 3.8) is 0 Å². The summed E-state index contributed by atoms with van der Waals surface area (Å²) in [6.45, 7) is 0. The summed E-state index contributed by atoms with van der Waals surface area (Å²) in [5, 5.41) is 0.622. The Morgan fingerprint density at radius 2 is 2.11 bits per heavy atom. The third-order valence-corrected chi connectivity index (χ3v) is 3.21. The molecule has 0 saturated carbocycles. The molecule has 1 aromatic heterocycles. The number of pyridine rings is 1. The summed E-state index contributed by atoms with van der Waals surface area (Å²) < 4.78 is 13.7. The lowest BCUT2D eigenvalue weighted by Crippen LogP contribution is -2.14. The first kappa shape index (κ1) is 12.4. The van der Waals surface area contributed by atoms with Crippen molar-refractivity contribution in [2.45, 2.75) is 9.92 Å². The van der Waals surface area contributed by atoms with Crippen LogP contribution in [-0.4, -0.2) is 10.9 Å². The van der Waals surface area contributed by atoms with Crippen LogP contribution in [0.4, 0.5) is 10.1 Å². The summed E-state index contributed by atoms with van der Waals surface area (Å²) in [4.78, 5) is 15.5. The third-order valence-electron chi connectivity index (χ3n) is 2.22. The fraction of sp³-hybridized carbons (Fsp3) is 0. The summed E-state index contributed by atoms with van der Waals surface area (Å²) in [7, 11) is 0. The largest absolute Gasteiger partial charge is 0.398 e. The van der Waals surface area contributed by atoms with Gasteiger partial charge in [-0.05, 0) is 24.3 Å².